The highest BCUT2D eigenvalue weighted by Crippen LogP contribution is 2.50. The van der Waals surface area contributed by atoms with Gasteiger partial charge in [0.25, 0.3) is 0 Å². The summed E-state index contributed by atoms with van der Waals surface area (Å²) in [6.45, 7) is 0. The van der Waals surface area contributed by atoms with E-state index in [0.29, 0.717) is 5.69 Å². The standard InChI is InChI=1S/C16H13NO4/c18-11-6-9-12(19)7-10(11)14-13(9)15(20)17(16(14)21)8-4-2-1-3-5-8/h1-5,9-10,13-14H,6-7H2/t9-,10+,13-,14-/m0/s1. The monoisotopic (exact) mass is 283 g/mol. The largest absolute Gasteiger partial charge is 0.299 e. The van der Waals surface area contributed by atoms with Gasteiger partial charge < -0.3 is 0 Å². The molecule has 2 bridgehead atoms. The Bertz CT molecular complexity index is 641. The van der Waals surface area contributed by atoms with Crippen LogP contribution in [0.15, 0.2) is 30.3 Å². The Labute approximate surface area is 120 Å². The first-order chi connectivity index (χ1) is 10.1. The number of anilines is 1. The van der Waals surface area contributed by atoms with Gasteiger partial charge >= 0.3 is 0 Å². The lowest BCUT2D eigenvalue weighted by atomic mass is 9.58. The Morgan fingerprint density at radius 2 is 1.24 bits per heavy atom. The molecular weight excluding hydrogens is 270 g/mol. The fourth-order valence-electron chi connectivity index (χ4n) is 4.01. The van der Waals surface area contributed by atoms with Crippen molar-refractivity contribution in [2.45, 2.75) is 12.8 Å². The minimum absolute atomic E-state index is 0.0445. The van der Waals surface area contributed by atoms with E-state index in [1.165, 1.54) is 0 Å². The van der Waals surface area contributed by atoms with Crippen LogP contribution in [0.25, 0.3) is 0 Å². The molecule has 4 fully saturated rings. The van der Waals surface area contributed by atoms with Crippen LogP contribution in [0.2, 0.25) is 0 Å². The molecule has 5 rings (SSSR count). The molecule has 2 amide bonds. The van der Waals surface area contributed by atoms with E-state index in [0.717, 1.165) is 4.90 Å². The van der Waals surface area contributed by atoms with Gasteiger partial charge in [-0.2, -0.15) is 0 Å². The van der Waals surface area contributed by atoms with Gasteiger partial charge in [-0.1, -0.05) is 18.2 Å². The van der Waals surface area contributed by atoms with Crippen molar-refractivity contribution in [1.29, 1.82) is 0 Å². The highest BCUT2D eigenvalue weighted by atomic mass is 16.2. The smallest absolute Gasteiger partial charge is 0.238 e. The number of rotatable bonds is 1. The molecule has 21 heavy (non-hydrogen) atoms. The molecule has 106 valence electrons. The summed E-state index contributed by atoms with van der Waals surface area (Å²) in [6.07, 6.45) is 0.235. The van der Waals surface area contributed by atoms with Gasteiger partial charge in [-0.3, -0.25) is 24.1 Å². The highest BCUT2D eigenvalue weighted by Gasteiger charge is 2.63. The molecule has 1 heterocycles. The molecule has 5 heteroatoms. The number of hydrogen-bond donors (Lipinski definition) is 0. The number of Topliss-reactive ketones (excluding diaryl/α,β-unsaturated/α-hetero) is 2. The number of hydrogen-bond acceptors (Lipinski definition) is 4. The third-order valence-corrected chi connectivity index (χ3v) is 4.95. The van der Waals surface area contributed by atoms with Crippen LogP contribution >= 0.6 is 0 Å². The van der Waals surface area contributed by atoms with E-state index in [1.807, 2.05) is 0 Å². The molecule has 5 nitrogen and oxygen atoms in total. The summed E-state index contributed by atoms with van der Waals surface area (Å²) in [6, 6.07) is 8.70. The van der Waals surface area contributed by atoms with Crippen LogP contribution in [0.1, 0.15) is 12.8 Å². The van der Waals surface area contributed by atoms with E-state index >= 15 is 0 Å². The molecule has 3 saturated carbocycles. The molecule has 0 radical (unpaired) electrons. The van der Waals surface area contributed by atoms with Crippen molar-refractivity contribution in [3.8, 4) is 0 Å². The van der Waals surface area contributed by atoms with Crippen LogP contribution in [0.4, 0.5) is 5.69 Å². The minimum atomic E-state index is -0.637. The fraction of sp³-hybridized carbons (Fsp3) is 0.375. The molecule has 0 N–H and O–H groups in total. The highest BCUT2D eigenvalue weighted by molar-refractivity contribution is 6.25. The first-order valence-corrected chi connectivity index (χ1v) is 7.08. The number of imide groups is 1. The Kier molecular flexibility index (Phi) is 2.43. The maximum atomic E-state index is 12.6. The number of carbonyl (C=O) groups excluding carboxylic acids is 4. The van der Waals surface area contributed by atoms with Gasteiger partial charge in [-0.15, -0.1) is 0 Å². The van der Waals surface area contributed by atoms with Gasteiger partial charge in [0.1, 0.15) is 11.6 Å². The third-order valence-electron chi connectivity index (χ3n) is 4.95. The zero-order valence-corrected chi connectivity index (χ0v) is 11.2. The average Bonchev–Trinajstić information content (AvgIpc) is 2.74. The van der Waals surface area contributed by atoms with Crippen molar-refractivity contribution in [1.82, 2.24) is 0 Å². The topological polar surface area (TPSA) is 71.5 Å². The first kappa shape index (κ1) is 12.4. The number of benzene rings is 1. The summed E-state index contributed by atoms with van der Waals surface area (Å²) in [4.78, 5) is 50.4. The van der Waals surface area contributed by atoms with Gasteiger partial charge in [0, 0.05) is 24.7 Å². The van der Waals surface area contributed by atoms with Crippen molar-refractivity contribution in [2.75, 3.05) is 4.90 Å². The Hall–Kier alpha value is -2.30. The Morgan fingerprint density at radius 1 is 0.762 bits per heavy atom. The molecule has 3 aliphatic carbocycles. The van der Waals surface area contributed by atoms with E-state index in [-0.39, 0.29) is 36.2 Å². The second kappa shape index (κ2) is 4.10. The summed E-state index contributed by atoms with van der Waals surface area (Å²) in [5.74, 6) is -3.22. The number of carbonyl (C=O) groups is 4. The molecule has 1 saturated heterocycles. The molecule has 4 atom stereocenters. The van der Waals surface area contributed by atoms with Crippen molar-refractivity contribution in [3.63, 3.8) is 0 Å². The summed E-state index contributed by atoms with van der Waals surface area (Å²) in [7, 11) is 0. The molecular formula is C16H13NO4. The number of nitrogens with zero attached hydrogens (tertiary/aromatic N) is 1. The molecule has 1 aromatic rings. The predicted octanol–water partition coefficient (Wildman–Crippen LogP) is 0.970. The van der Waals surface area contributed by atoms with Crippen LogP contribution in [0.5, 0.6) is 0 Å². The minimum Gasteiger partial charge on any atom is -0.299 e. The van der Waals surface area contributed by atoms with E-state index in [4.69, 9.17) is 0 Å². The second-order valence-corrected chi connectivity index (χ2v) is 5.95. The van der Waals surface area contributed by atoms with E-state index in [2.05, 4.69) is 0 Å². The quantitative estimate of drug-likeness (QED) is 0.720. The number of amides is 2. The maximum absolute atomic E-state index is 12.6. The van der Waals surface area contributed by atoms with E-state index in [9.17, 15) is 19.2 Å². The molecule has 0 spiro atoms. The maximum Gasteiger partial charge on any atom is 0.238 e. The average molecular weight is 283 g/mol. The SMILES string of the molecule is O=C1C[C@H]2C(=O)C[C@H]1[C@@H]1C(=O)N(c3ccccc3)C(=O)[C@H]12. The lowest BCUT2D eigenvalue weighted by molar-refractivity contribution is -0.153. The van der Waals surface area contributed by atoms with Crippen LogP contribution < -0.4 is 4.90 Å². The number of fused-ring (bicyclic) bond motifs is 2. The van der Waals surface area contributed by atoms with Crippen molar-refractivity contribution in [2.24, 2.45) is 23.7 Å². The van der Waals surface area contributed by atoms with Gasteiger partial charge in [0.15, 0.2) is 0 Å². The first-order valence-electron chi connectivity index (χ1n) is 7.08. The van der Waals surface area contributed by atoms with Crippen LogP contribution in [-0.4, -0.2) is 23.4 Å². The van der Waals surface area contributed by atoms with Crippen molar-refractivity contribution in [3.05, 3.63) is 30.3 Å². The van der Waals surface area contributed by atoms with Crippen LogP contribution in [-0.2, 0) is 19.2 Å². The molecule has 0 aromatic heterocycles. The molecule has 4 aliphatic rings. The third kappa shape index (κ3) is 1.51. The van der Waals surface area contributed by atoms with Crippen molar-refractivity contribution >= 4 is 29.1 Å². The fourth-order valence-corrected chi connectivity index (χ4v) is 4.01. The second-order valence-electron chi connectivity index (χ2n) is 5.95. The normalized spacial score (nSPS) is 34.6. The number of ketones is 2. The Morgan fingerprint density at radius 3 is 1.71 bits per heavy atom. The van der Waals surface area contributed by atoms with Crippen molar-refractivity contribution < 1.29 is 19.2 Å². The zero-order valence-electron chi connectivity index (χ0n) is 11.2. The van der Waals surface area contributed by atoms with Gasteiger partial charge in [0.05, 0.1) is 17.5 Å². The van der Waals surface area contributed by atoms with Gasteiger partial charge in [-0.05, 0) is 12.1 Å². The lowest BCUT2D eigenvalue weighted by Crippen LogP contribution is -2.51. The molecule has 0 unspecified atom stereocenters. The summed E-state index contributed by atoms with van der Waals surface area (Å²) in [5, 5.41) is 0. The van der Waals surface area contributed by atoms with Gasteiger partial charge in [0.2, 0.25) is 11.8 Å². The molecule has 1 aliphatic heterocycles. The van der Waals surface area contributed by atoms with E-state index in [1.54, 1.807) is 30.3 Å². The van der Waals surface area contributed by atoms with Gasteiger partial charge in [-0.25, -0.2) is 0 Å². The summed E-state index contributed by atoms with van der Waals surface area (Å²) in [5.41, 5.74) is 0.515. The van der Waals surface area contributed by atoms with Crippen LogP contribution in [0.3, 0.4) is 0 Å². The zero-order chi connectivity index (χ0) is 14.7. The lowest BCUT2D eigenvalue weighted by Gasteiger charge is -2.40. The molecule has 1 aromatic carbocycles. The number of para-hydroxylation sites is 1. The summed E-state index contributed by atoms with van der Waals surface area (Å²) >= 11 is 0. The van der Waals surface area contributed by atoms with E-state index < -0.39 is 23.7 Å². The van der Waals surface area contributed by atoms with Crippen LogP contribution in [0, 0.1) is 23.7 Å². The summed E-state index contributed by atoms with van der Waals surface area (Å²) < 4.78 is 0. The Balaban J connectivity index is 1.80. The predicted molar refractivity (Wildman–Crippen MR) is 72.1 cm³/mol.